The molecular weight excluding hydrogens is 319 g/mol. The zero-order chi connectivity index (χ0) is 16.3. The Morgan fingerprint density at radius 1 is 1.33 bits per heavy atom. The fourth-order valence-corrected chi connectivity index (χ4v) is 3.66. The Morgan fingerprint density at radius 2 is 1.95 bits per heavy atom. The molecule has 1 N–H and O–H groups in total. The number of alkyl halides is 3. The fraction of sp³-hybridized carbons (Fsp3) is 0.800. The quantitative estimate of drug-likeness (QED) is 0.714. The zero-order valence-electron chi connectivity index (χ0n) is 10.8. The maximum absolute atomic E-state index is 11.9. The number of sulfone groups is 1. The lowest BCUT2D eigenvalue weighted by atomic mass is 10.2. The van der Waals surface area contributed by atoms with Crippen LogP contribution in [-0.2, 0) is 24.2 Å². The van der Waals surface area contributed by atoms with Crippen LogP contribution in [0.5, 0.6) is 0 Å². The number of amides is 1. The Labute approximate surface area is 118 Å². The number of hydrogen-bond acceptors (Lipinski definition) is 5. The van der Waals surface area contributed by atoms with Crippen molar-refractivity contribution in [2.24, 2.45) is 0 Å². The van der Waals surface area contributed by atoms with Crippen LogP contribution in [-0.4, -0.2) is 73.8 Å². The van der Waals surface area contributed by atoms with E-state index >= 15 is 0 Å². The standard InChI is InChI=1S/C10H14F3NO6S/c11-10(12,13)6-20-4-8(15)14(3-9(16)17)7-1-2-21(18,19)5-7/h7H,1-6H2,(H,16,17). The van der Waals surface area contributed by atoms with E-state index in [2.05, 4.69) is 4.74 Å². The molecule has 11 heteroatoms. The molecule has 7 nitrogen and oxygen atoms in total. The average Bonchev–Trinajstić information content (AvgIpc) is 2.64. The minimum atomic E-state index is -4.60. The molecule has 1 aliphatic heterocycles. The summed E-state index contributed by atoms with van der Waals surface area (Å²) < 4.78 is 62.5. The van der Waals surface area contributed by atoms with Crippen LogP contribution in [0.2, 0.25) is 0 Å². The summed E-state index contributed by atoms with van der Waals surface area (Å²) in [5.74, 6) is -2.96. The molecular formula is C10H14F3NO6S. The predicted octanol–water partition coefficient (Wildman–Crippen LogP) is -0.334. The summed E-state index contributed by atoms with van der Waals surface area (Å²) in [7, 11) is -3.36. The Morgan fingerprint density at radius 3 is 2.38 bits per heavy atom. The van der Waals surface area contributed by atoms with Gasteiger partial charge in [-0.05, 0) is 6.42 Å². The van der Waals surface area contributed by atoms with Gasteiger partial charge in [0, 0.05) is 6.04 Å². The second kappa shape index (κ2) is 6.60. The molecule has 0 aliphatic carbocycles. The van der Waals surface area contributed by atoms with E-state index < -0.39 is 59.4 Å². The van der Waals surface area contributed by atoms with Crippen LogP contribution >= 0.6 is 0 Å². The second-order valence-corrected chi connectivity index (χ2v) is 6.81. The van der Waals surface area contributed by atoms with Crippen molar-refractivity contribution < 1.29 is 41.0 Å². The summed E-state index contributed by atoms with van der Waals surface area (Å²) in [5, 5.41) is 8.71. The third kappa shape index (κ3) is 6.29. The Balaban J connectivity index is 2.65. The molecule has 0 spiro atoms. The van der Waals surface area contributed by atoms with E-state index in [0.717, 1.165) is 4.90 Å². The van der Waals surface area contributed by atoms with E-state index in [9.17, 15) is 31.2 Å². The molecule has 122 valence electrons. The molecule has 0 aromatic rings. The van der Waals surface area contributed by atoms with Gasteiger partial charge in [-0.2, -0.15) is 13.2 Å². The van der Waals surface area contributed by atoms with Gasteiger partial charge < -0.3 is 14.7 Å². The number of halogens is 3. The highest BCUT2D eigenvalue weighted by Crippen LogP contribution is 2.18. The summed E-state index contributed by atoms with van der Waals surface area (Å²) in [6, 6.07) is -0.854. The molecule has 0 saturated carbocycles. The number of carbonyl (C=O) groups is 2. The van der Waals surface area contributed by atoms with E-state index in [0.29, 0.717) is 0 Å². The van der Waals surface area contributed by atoms with Gasteiger partial charge in [0.15, 0.2) is 9.84 Å². The Bertz CT molecular complexity index is 503. The first-order valence-electron chi connectivity index (χ1n) is 5.86. The van der Waals surface area contributed by atoms with E-state index in [-0.39, 0.29) is 12.2 Å². The first-order valence-corrected chi connectivity index (χ1v) is 7.68. The lowest BCUT2D eigenvalue weighted by molar-refractivity contribution is -0.178. The van der Waals surface area contributed by atoms with Crippen LogP contribution in [0.25, 0.3) is 0 Å². The van der Waals surface area contributed by atoms with Crippen molar-refractivity contribution in [3.63, 3.8) is 0 Å². The third-order valence-electron chi connectivity index (χ3n) is 2.77. The van der Waals surface area contributed by atoms with Gasteiger partial charge >= 0.3 is 12.1 Å². The van der Waals surface area contributed by atoms with Crippen LogP contribution < -0.4 is 0 Å². The maximum atomic E-state index is 11.9. The van der Waals surface area contributed by atoms with E-state index in [1.807, 2.05) is 0 Å². The zero-order valence-corrected chi connectivity index (χ0v) is 11.6. The van der Waals surface area contributed by atoms with Crippen molar-refractivity contribution in [1.29, 1.82) is 0 Å². The largest absolute Gasteiger partial charge is 0.480 e. The van der Waals surface area contributed by atoms with Gasteiger partial charge in [0.1, 0.15) is 19.8 Å². The summed E-state index contributed by atoms with van der Waals surface area (Å²) >= 11 is 0. The first-order chi connectivity index (χ1) is 9.50. The van der Waals surface area contributed by atoms with Crippen molar-refractivity contribution >= 4 is 21.7 Å². The predicted molar refractivity (Wildman–Crippen MR) is 63.3 cm³/mol. The molecule has 0 bridgehead atoms. The van der Waals surface area contributed by atoms with Gasteiger partial charge in [0.25, 0.3) is 0 Å². The highest BCUT2D eigenvalue weighted by atomic mass is 32.2. The number of carboxylic acids is 1. The van der Waals surface area contributed by atoms with Crippen molar-refractivity contribution in [3.8, 4) is 0 Å². The molecule has 1 unspecified atom stereocenters. The monoisotopic (exact) mass is 333 g/mol. The van der Waals surface area contributed by atoms with Crippen molar-refractivity contribution in [2.75, 3.05) is 31.3 Å². The van der Waals surface area contributed by atoms with Gasteiger partial charge in [-0.25, -0.2) is 8.42 Å². The van der Waals surface area contributed by atoms with Gasteiger partial charge in [-0.1, -0.05) is 0 Å². The first kappa shape index (κ1) is 17.7. The minimum absolute atomic E-state index is 0.0562. The van der Waals surface area contributed by atoms with Gasteiger partial charge in [0.05, 0.1) is 11.5 Å². The summed E-state index contributed by atoms with van der Waals surface area (Å²) in [5.41, 5.74) is 0. The maximum Gasteiger partial charge on any atom is 0.411 e. The summed E-state index contributed by atoms with van der Waals surface area (Å²) in [6.07, 6.45) is -4.55. The van der Waals surface area contributed by atoms with Crippen molar-refractivity contribution in [1.82, 2.24) is 4.90 Å². The number of rotatable bonds is 6. The Hall–Kier alpha value is -1.36. The Kier molecular flexibility index (Phi) is 5.56. The van der Waals surface area contributed by atoms with Crippen molar-refractivity contribution in [2.45, 2.75) is 18.6 Å². The van der Waals surface area contributed by atoms with Crippen LogP contribution in [0.15, 0.2) is 0 Å². The fourth-order valence-electron chi connectivity index (χ4n) is 1.92. The van der Waals surface area contributed by atoms with E-state index in [4.69, 9.17) is 5.11 Å². The summed E-state index contributed by atoms with van der Waals surface area (Å²) in [6.45, 7) is -3.37. The molecule has 1 aliphatic rings. The highest BCUT2D eigenvalue weighted by molar-refractivity contribution is 7.91. The van der Waals surface area contributed by atoms with Crippen molar-refractivity contribution in [3.05, 3.63) is 0 Å². The highest BCUT2D eigenvalue weighted by Gasteiger charge is 2.36. The van der Waals surface area contributed by atoms with Crippen LogP contribution in [0.4, 0.5) is 13.2 Å². The molecule has 1 fully saturated rings. The smallest absolute Gasteiger partial charge is 0.411 e. The molecule has 1 rings (SSSR count). The van der Waals surface area contributed by atoms with Crippen LogP contribution in [0.1, 0.15) is 6.42 Å². The SMILES string of the molecule is O=C(O)CN(C(=O)COCC(F)(F)F)C1CCS(=O)(=O)C1. The van der Waals surface area contributed by atoms with Crippen LogP contribution in [0, 0.1) is 0 Å². The van der Waals surface area contributed by atoms with Gasteiger partial charge in [-0.15, -0.1) is 0 Å². The molecule has 1 heterocycles. The van der Waals surface area contributed by atoms with Gasteiger partial charge in [0.2, 0.25) is 5.91 Å². The number of hydrogen-bond donors (Lipinski definition) is 1. The molecule has 0 aromatic heterocycles. The molecule has 1 atom stereocenters. The molecule has 0 aromatic carbocycles. The average molecular weight is 333 g/mol. The number of nitrogens with zero attached hydrogens (tertiary/aromatic N) is 1. The van der Waals surface area contributed by atoms with Gasteiger partial charge in [-0.3, -0.25) is 9.59 Å². The molecule has 1 amide bonds. The molecule has 0 radical (unpaired) electrons. The molecule has 1 saturated heterocycles. The summed E-state index contributed by atoms with van der Waals surface area (Å²) in [4.78, 5) is 23.2. The number of carboxylic acid groups (broad SMARTS) is 1. The lowest BCUT2D eigenvalue weighted by Gasteiger charge is -2.26. The third-order valence-corrected chi connectivity index (χ3v) is 4.52. The number of aliphatic carboxylic acids is 1. The number of carbonyl (C=O) groups excluding carboxylic acids is 1. The van der Waals surface area contributed by atoms with E-state index in [1.54, 1.807) is 0 Å². The van der Waals surface area contributed by atoms with E-state index in [1.165, 1.54) is 0 Å². The second-order valence-electron chi connectivity index (χ2n) is 4.58. The normalized spacial score (nSPS) is 21.2. The lowest BCUT2D eigenvalue weighted by Crippen LogP contribution is -2.46. The van der Waals surface area contributed by atoms with Crippen LogP contribution in [0.3, 0.4) is 0 Å². The minimum Gasteiger partial charge on any atom is -0.480 e. The number of ether oxygens (including phenoxy) is 1. The topological polar surface area (TPSA) is 101 Å². The molecule has 21 heavy (non-hydrogen) atoms.